The summed E-state index contributed by atoms with van der Waals surface area (Å²) in [7, 11) is 0. The first kappa shape index (κ1) is 29.8. The Morgan fingerprint density at radius 1 is 1.11 bits per heavy atom. The summed E-state index contributed by atoms with van der Waals surface area (Å²) in [5, 5.41) is 11.9. The third kappa shape index (κ3) is 4.60. The van der Waals surface area contributed by atoms with Gasteiger partial charge in [0.15, 0.2) is 21.5 Å². The fourth-order valence-electron chi connectivity index (χ4n) is 9.35. The summed E-state index contributed by atoms with van der Waals surface area (Å²) < 4.78 is 22.3. The zero-order chi connectivity index (χ0) is 30.9. The lowest BCUT2D eigenvalue weighted by Crippen LogP contribution is -2.63. The number of esters is 1. The lowest BCUT2D eigenvalue weighted by Gasteiger charge is -2.60. The Hall–Kier alpha value is -2.88. The molecule has 0 saturated heterocycles. The number of carbonyl (C=O) groups excluding carboxylic acids is 3. The number of carbonyl (C=O) groups is 3. The highest BCUT2D eigenvalue weighted by molar-refractivity contribution is 8.01. The van der Waals surface area contributed by atoms with E-state index in [0.717, 1.165) is 45.5 Å². The fraction of sp³-hybridized carbons (Fsp3) is 0.486. The van der Waals surface area contributed by atoms with E-state index in [1.54, 1.807) is 0 Å². The molecule has 7 atom stereocenters. The number of aliphatic hydroxyl groups is 1. The first-order valence-electron chi connectivity index (χ1n) is 15.5. The molecule has 4 aliphatic rings. The first-order chi connectivity index (χ1) is 21.0. The normalized spacial score (nSPS) is 34.5. The number of thioether (sulfide) groups is 1. The zero-order valence-corrected chi connectivity index (χ0v) is 26.5. The zero-order valence-electron chi connectivity index (χ0n) is 24.9. The number of Topliss-reactive ketones (excluding diaryl/α,β-unsaturated/α-hetero) is 1. The minimum absolute atomic E-state index is 0.0318. The number of thiazole rings is 1. The van der Waals surface area contributed by atoms with Crippen LogP contribution in [-0.4, -0.2) is 45.1 Å². The quantitative estimate of drug-likeness (QED) is 0.227. The number of hydrogen-bond donors (Lipinski definition) is 1. The summed E-state index contributed by atoms with van der Waals surface area (Å²) in [4.78, 5) is 45.1. The van der Waals surface area contributed by atoms with Crippen LogP contribution in [0.15, 0.2) is 64.5 Å². The second-order valence-electron chi connectivity index (χ2n) is 13.5. The van der Waals surface area contributed by atoms with Gasteiger partial charge in [-0.15, -0.1) is 11.3 Å². The molecular weight excluding hydrogens is 598 g/mol. The van der Waals surface area contributed by atoms with Crippen molar-refractivity contribution in [2.24, 2.45) is 28.6 Å². The van der Waals surface area contributed by atoms with E-state index in [9.17, 15) is 23.9 Å². The smallest absolute Gasteiger partial charge is 0.339 e. The van der Waals surface area contributed by atoms with Gasteiger partial charge in [0.25, 0.3) is 0 Å². The Morgan fingerprint density at radius 3 is 2.73 bits per heavy atom. The van der Waals surface area contributed by atoms with E-state index < -0.39 is 28.9 Å². The van der Waals surface area contributed by atoms with Gasteiger partial charge in [-0.25, -0.2) is 14.2 Å². The predicted octanol–water partition coefficient (Wildman–Crippen LogP) is 7.20. The Morgan fingerprint density at radius 2 is 1.93 bits per heavy atom. The third-order valence-electron chi connectivity index (χ3n) is 11.4. The molecule has 4 aliphatic carbocycles. The van der Waals surface area contributed by atoms with Crippen LogP contribution in [0.3, 0.4) is 0 Å². The number of para-hydroxylation sites is 1. The van der Waals surface area contributed by atoms with E-state index >= 15 is 0 Å². The van der Waals surface area contributed by atoms with Crippen LogP contribution in [0.25, 0.3) is 10.2 Å². The molecule has 9 heteroatoms. The number of ketones is 2. The van der Waals surface area contributed by atoms with Gasteiger partial charge in [0.2, 0.25) is 0 Å². The van der Waals surface area contributed by atoms with Gasteiger partial charge >= 0.3 is 5.97 Å². The summed E-state index contributed by atoms with van der Waals surface area (Å²) in [5.41, 5.74) is -0.488. The molecule has 0 radical (unpaired) electrons. The lowest BCUT2D eigenvalue weighted by atomic mass is 9.45. The van der Waals surface area contributed by atoms with Crippen molar-refractivity contribution in [3.8, 4) is 0 Å². The summed E-state index contributed by atoms with van der Waals surface area (Å²) in [6.07, 6.45) is 5.24. The van der Waals surface area contributed by atoms with Crippen LogP contribution in [0.2, 0.25) is 0 Å². The summed E-state index contributed by atoms with van der Waals surface area (Å²) >= 11 is 2.87. The second kappa shape index (κ2) is 10.9. The topological polar surface area (TPSA) is 93.6 Å². The van der Waals surface area contributed by atoms with Crippen LogP contribution in [0.4, 0.5) is 4.39 Å². The molecule has 0 spiro atoms. The van der Waals surface area contributed by atoms with Crippen LogP contribution in [0, 0.1) is 34.4 Å². The number of ether oxygens (including phenoxy) is 1. The Balaban J connectivity index is 1.24. The molecule has 0 aliphatic heterocycles. The maximum absolute atomic E-state index is 14.5. The van der Waals surface area contributed by atoms with Crippen LogP contribution >= 0.6 is 23.1 Å². The number of benzene rings is 2. The number of aliphatic hydroxyl groups excluding tert-OH is 1. The largest absolute Gasteiger partial charge is 0.447 e. The second-order valence-corrected chi connectivity index (χ2v) is 15.8. The molecule has 6 nitrogen and oxygen atoms in total. The van der Waals surface area contributed by atoms with E-state index in [-0.39, 0.29) is 46.1 Å². The van der Waals surface area contributed by atoms with E-state index in [4.69, 9.17) is 4.74 Å². The first-order valence-corrected chi connectivity index (χ1v) is 17.3. The average molecular weight is 634 g/mol. The van der Waals surface area contributed by atoms with Gasteiger partial charge in [-0.1, -0.05) is 49.4 Å². The van der Waals surface area contributed by atoms with Crippen LogP contribution in [0.1, 0.15) is 69.2 Å². The number of allylic oxidation sites excluding steroid dienone is 1. The van der Waals surface area contributed by atoms with E-state index in [1.807, 2.05) is 37.3 Å². The van der Waals surface area contributed by atoms with Crippen molar-refractivity contribution in [3.05, 3.63) is 71.6 Å². The molecule has 0 amide bonds. The maximum atomic E-state index is 14.5. The fourth-order valence-corrected chi connectivity index (χ4v) is 11.4. The van der Waals surface area contributed by atoms with Crippen molar-refractivity contribution >= 4 is 50.9 Å². The van der Waals surface area contributed by atoms with Crippen LogP contribution < -0.4 is 0 Å². The van der Waals surface area contributed by atoms with E-state index in [2.05, 4.69) is 11.9 Å². The highest BCUT2D eigenvalue weighted by Gasteiger charge is 2.70. The van der Waals surface area contributed by atoms with Crippen LogP contribution in [-0.2, 0) is 14.3 Å². The Kier molecular flexibility index (Phi) is 7.37. The SMILES string of the molecule is CC12CCC(=O)C=C1CCC1C2C(O)CC2(C)C1CC[C@]2(OC(=O)c1cccc(F)c1)C(=O)CSc1nc2ccccc2s1. The van der Waals surface area contributed by atoms with Crippen molar-refractivity contribution in [1.29, 1.82) is 0 Å². The number of aromatic nitrogens is 1. The van der Waals surface area contributed by atoms with Gasteiger partial charge in [0, 0.05) is 11.8 Å². The van der Waals surface area contributed by atoms with Crippen molar-refractivity contribution in [2.45, 2.75) is 74.8 Å². The monoisotopic (exact) mass is 633 g/mol. The molecule has 3 fully saturated rings. The maximum Gasteiger partial charge on any atom is 0.339 e. The number of rotatable bonds is 6. The third-order valence-corrected chi connectivity index (χ3v) is 13.6. The van der Waals surface area contributed by atoms with Gasteiger partial charge in [-0.3, -0.25) is 9.59 Å². The van der Waals surface area contributed by atoms with Gasteiger partial charge in [0.05, 0.1) is 27.6 Å². The van der Waals surface area contributed by atoms with E-state index in [0.29, 0.717) is 25.7 Å². The van der Waals surface area contributed by atoms with Gasteiger partial charge in [0.1, 0.15) is 5.82 Å². The summed E-state index contributed by atoms with van der Waals surface area (Å²) in [6, 6.07) is 13.2. The average Bonchev–Trinajstić information content (AvgIpc) is 3.54. The summed E-state index contributed by atoms with van der Waals surface area (Å²) in [5.74, 6) is -1.12. The van der Waals surface area contributed by atoms with Gasteiger partial charge in [-0.2, -0.15) is 0 Å². The number of hydrogen-bond acceptors (Lipinski definition) is 8. The molecule has 1 aromatic heterocycles. The molecule has 230 valence electrons. The molecule has 1 N–H and O–H groups in total. The molecule has 7 rings (SSSR count). The lowest BCUT2D eigenvalue weighted by molar-refractivity contribution is -0.180. The molecule has 0 bridgehead atoms. The van der Waals surface area contributed by atoms with Gasteiger partial charge < -0.3 is 9.84 Å². The highest BCUT2D eigenvalue weighted by atomic mass is 32.2. The van der Waals surface area contributed by atoms with Crippen molar-refractivity contribution in [2.75, 3.05) is 5.75 Å². The minimum Gasteiger partial charge on any atom is -0.447 e. The standard InChI is InChI=1S/C35H36FNO5S2/c1-33-14-12-23(38)17-21(33)10-11-24-25-13-15-35(34(25,2)18-27(39)30(24)33,42-31(41)20-6-5-7-22(36)16-20)29(40)19-43-32-37-26-8-3-4-9-28(26)44-32/h3-9,16-17,24-25,27,30,39H,10-15,18-19H2,1-2H3/t24?,25?,27?,30?,33?,34?,35-/m0/s1. The van der Waals surface area contributed by atoms with E-state index in [1.165, 1.54) is 41.3 Å². The molecule has 2 aromatic carbocycles. The number of nitrogens with zero attached hydrogens (tertiary/aromatic N) is 1. The molecule has 44 heavy (non-hydrogen) atoms. The molecule has 1 heterocycles. The van der Waals surface area contributed by atoms with Crippen LogP contribution in [0.5, 0.6) is 0 Å². The molecule has 3 aromatic rings. The van der Waals surface area contributed by atoms with Crippen molar-refractivity contribution < 1.29 is 28.6 Å². The van der Waals surface area contributed by atoms with Crippen molar-refractivity contribution in [1.82, 2.24) is 4.98 Å². The number of halogens is 1. The van der Waals surface area contributed by atoms with Gasteiger partial charge in [-0.05, 0) is 98.1 Å². The minimum atomic E-state index is -1.48. The highest BCUT2D eigenvalue weighted by Crippen LogP contribution is 2.68. The molecule has 6 unspecified atom stereocenters. The van der Waals surface area contributed by atoms with Crippen molar-refractivity contribution in [3.63, 3.8) is 0 Å². The molecule has 3 saturated carbocycles. The predicted molar refractivity (Wildman–Crippen MR) is 168 cm³/mol. The summed E-state index contributed by atoms with van der Waals surface area (Å²) in [6.45, 7) is 4.21. The Labute approximate surface area is 264 Å². The molecular formula is C35H36FNO5S2. The Bertz CT molecular complexity index is 1670. The number of fused-ring (bicyclic) bond motifs is 6.